The van der Waals surface area contributed by atoms with Gasteiger partial charge in [0.1, 0.15) is 29.8 Å². The van der Waals surface area contributed by atoms with Crippen molar-refractivity contribution < 1.29 is 28.7 Å². The van der Waals surface area contributed by atoms with Crippen LogP contribution in [-0.2, 0) is 30.5 Å². The Morgan fingerprint density at radius 1 is 1.02 bits per heavy atom. The van der Waals surface area contributed by atoms with Crippen LogP contribution in [0.2, 0.25) is 0 Å². The first-order chi connectivity index (χ1) is 25.0. The lowest BCUT2D eigenvalue weighted by Gasteiger charge is -2.28. The average Bonchev–Trinajstić information content (AvgIpc) is 4.04. The zero-order valence-corrected chi connectivity index (χ0v) is 29.3. The van der Waals surface area contributed by atoms with Crippen molar-refractivity contribution in [3.05, 3.63) is 95.6 Å². The number of carbonyl (C=O) groups is 5. The average molecular weight is 705 g/mol. The van der Waals surface area contributed by atoms with Crippen molar-refractivity contribution in [2.45, 2.75) is 75.6 Å². The second-order valence-electron chi connectivity index (χ2n) is 14.6. The molecule has 6 N–H and O–H groups in total. The van der Waals surface area contributed by atoms with Gasteiger partial charge >= 0.3 is 6.09 Å². The molecule has 1 aliphatic heterocycles. The molecule has 1 saturated heterocycles. The summed E-state index contributed by atoms with van der Waals surface area (Å²) in [5.74, 6) is -3.42. The molecule has 6 rings (SSSR count). The van der Waals surface area contributed by atoms with E-state index in [-0.39, 0.29) is 42.8 Å². The third-order valence-electron chi connectivity index (χ3n) is 10.4. The lowest BCUT2D eigenvalue weighted by molar-refractivity contribution is -0.131. The van der Waals surface area contributed by atoms with Gasteiger partial charge in [-0.1, -0.05) is 86.6 Å². The van der Waals surface area contributed by atoms with Crippen LogP contribution in [0, 0.1) is 29.1 Å². The van der Waals surface area contributed by atoms with Crippen LogP contribution in [-0.4, -0.2) is 53.4 Å². The molecule has 2 aliphatic carbocycles. The molecule has 3 unspecified atom stereocenters. The van der Waals surface area contributed by atoms with Crippen molar-refractivity contribution in [2.24, 2.45) is 23.5 Å². The minimum atomic E-state index is -1.41. The molecule has 12 nitrogen and oxygen atoms in total. The number of nitriles is 1. The SMILES string of the molecule is CC(C)C[C@H](NC(=O)C1(NC(=O)OCc2ccccc2)C[C@H]1c1cccc2ccccc12)C(=O)NC1(/C=C(\C#N)C(N)=O)CC1[C@@H]1CCCNC1=O. The number of ether oxygens (including phenoxy) is 1. The molecule has 0 aromatic heterocycles. The van der Waals surface area contributed by atoms with Crippen LogP contribution in [0.25, 0.3) is 10.8 Å². The Labute approximate surface area is 302 Å². The zero-order valence-electron chi connectivity index (χ0n) is 29.3. The monoisotopic (exact) mass is 704 g/mol. The third kappa shape index (κ3) is 7.64. The fraction of sp³-hybridized carbons (Fsp3) is 0.400. The fourth-order valence-corrected chi connectivity index (χ4v) is 7.63. The molecule has 3 aromatic rings. The van der Waals surface area contributed by atoms with E-state index in [1.54, 1.807) is 0 Å². The molecule has 0 radical (unpaired) electrons. The number of benzene rings is 3. The zero-order chi connectivity index (χ0) is 37.0. The number of nitrogens with zero attached hydrogens (tertiary/aromatic N) is 1. The van der Waals surface area contributed by atoms with Crippen molar-refractivity contribution in [1.29, 1.82) is 5.26 Å². The molecular formula is C40H44N6O6. The molecule has 270 valence electrons. The van der Waals surface area contributed by atoms with Gasteiger partial charge in [-0.15, -0.1) is 0 Å². The maximum Gasteiger partial charge on any atom is 0.408 e. The molecular weight excluding hydrogens is 660 g/mol. The summed E-state index contributed by atoms with van der Waals surface area (Å²) in [6.07, 6.45) is 2.79. The first-order valence-corrected chi connectivity index (χ1v) is 17.8. The Hall–Kier alpha value is -5.70. The molecule has 3 aliphatic rings. The van der Waals surface area contributed by atoms with Gasteiger partial charge in [0.2, 0.25) is 17.7 Å². The highest BCUT2D eigenvalue weighted by Crippen LogP contribution is 2.54. The van der Waals surface area contributed by atoms with Crippen LogP contribution in [0.4, 0.5) is 4.79 Å². The maximum atomic E-state index is 14.5. The van der Waals surface area contributed by atoms with E-state index in [1.165, 1.54) is 6.08 Å². The van der Waals surface area contributed by atoms with E-state index in [9.17, 15) is 29.2 Å². The molecule has 0 bridgehead atoms. The van der Waals surface area contributed by atoms with Gasteiger partial charge in [-0.05, 0) is 71.9 Å². The third-order valence-corrected chi connectivity index (χ3v) is 10.4. The predicted octanol–water partition coefficient (Wildman–Crippen LogP) is 3.86. The Bertz CT molecular complexity index is 1950. The van der Waals surface area contributed by atoms with Gasteiger partial charge in [0.05, 0.1) is 5.54 Å². The molecule has 1 heterocycles. The highest BCUT2D eigenvalue weighted by Gasteiger charge is 2.63. The summed E-state index contributed by atoms with van der Waals surface area (Å²) in [4.78, 5) is 66.9. The summed E-state index contributed by atoms with van der Waals surface area (Å²) in [5.41, 5.74) is 4.23. The Kier molecular flexibility index (Phi) is 10.3. The van der Waals surface area contributed by atoms with E-state index >= 15 is 0 Å². The smallest absolute Gasteiger partial charge is 0.408 e. The number of carbonyl (C=O) groups excluding carboxylic acids is 5. The first kappa shape index (κ1) is 36.1. The number of rotatable bonds is 13. The Morgan fingerprint density at radius 2 is 1.75 bits per heavy atom. The molecule has 52 heavy (non-hydrogen) atoms. The number of alkyl carbamates (subject to hydrolysis) is 1. The summed E-state index contributed by atoms with van der Waals surface area (Å²) in [6.45, 7) is 4.40. The molecule has 2 saturated carbocycles. The summed E-state index contributed by atoms with van der Waals surface area (Å²) in [5, 5.41) is 23.3. The van der Waals surface area contributed by atoms with Gasteiger partial charge in [0.15, 0.2) is 0 Å². The number of nitrogens with two attached hydrogens (primary N) is 1. The highest BCUT2D eigenvalue weighted by molar-refractivity contribution is 6.00. The van der Waals surface area contributed by atoms with Crippen molar-refractivity contribution in [1.82, 2.24) is 21.3 Å². The predicted molar refractivity (Wildman–Crippen MR) is 193 cm³/mol. The van der Waals surface area contributed by atoms with Crippen molar-refractivity contribution in [3.8, 4) is 6.07 Å². The van der Waals surface area contributed by atoms with E-state index in [1.807, 2.05) is 92.7 Å². The quantitative estimate of drug-likeness (QED) is 0.132. The number of nitrogens with one attached hydrogen (secondary N) is 4. The lowest BCUT2D eigenvalue weighted by atomic mass is 9.90. The number of hydrogen-bond donors (Lipinski definition) is 5. The van der Waals surface area contributed by atoms with Gasteiger partial charge in [-0.3, -0.25) is 19.2 Å². The lowest BCUT2D eigenvalue weighted by Crippen LogP contribution is -2.57. The van der Waals surface area contributed by atoms with E-state index in [4.69, 9.17) is 10.5 Å². The normalized spacial score (nSPS) is 25.6. The van der Waals surface area contributed by atoms with Crippen LogP contribution in [0.3, 0.4) is 0 Å². The van der Waals surface area contributed by atoms with Crippen LogP contribution >= 0.6 is 0 Å². The molecule has 3 fully saturated rings. The van der Waals surface area contributed by atoms with Crippen molar-refractivity contribution >= 4 is 40.5 Å². The van der Waals surface area contributed by atoms with E-state index in [2.05, 4.69) is 21.3 Å². The van der Waals surface area contributed by atoms with Crippen molar-refractivity contribution in [2.75, 3.05) is 6.54 Å². The molecule has 0 spiro atoms. The summed E-state index contributed by atoms with van der Waals surface area (Å²) in [7, 11) is 0. The number of fused-ring (bicyclic) bond motifs is 1. The minimum absolute atomic E-state index is 0.00740. The van der Waals surface area contributed by atoms with Gasteiger partial charge in [-0.2, -0.15) is 5.26 Å². The van der Waals surface area contributed by atoms with Gasteiger partial charge < -0.3 is 31.7 Å². The van der Waals surface area contributed by atoms with Crippen LogP contribution < -0.4 is 27.0 Å². The van der Waals surface area contributed by atoms with Gasteiger partial charge in [0.25, 0.3) is 5.91 Å². The van der Waals surface area contributed by atoms with Crippen molar-refractivity contribution in [3.63, 3.8) is 0 Å². The van der Waals surface area contributed by atoms with Gasteiger partial charge in [0, 0.05) is 18.4 Å². The molecule has 6 atom stereocenters. The van der Waals surface area contributed by atoms with E-state index in [0.717, 1.165) is 28.3 Å². The van der Waals surface area contributed by atoms with E-state index in [0.29, 0.717) is 19.4 Å². The summed E-state index contributed by atoms with van der Waals surface area (Å²) < 4.78 is 5.55. The van der Waals surface area contributed by atoms with Crippen LogP contribution in [0.15, 0.2) is 84.4 Å². The second-order valence-corrected chi connectivity index (χ2v) is 14.6. The molecule has 12 heteroatoms. The van der Waals surface area contributed by atoms with Gasteiger partial charge in [-0.25, -0.2) is 4.79 Å². The largest absolute Gasteiger partial charge is 0.445 e. The minimum Gasteiger partial charge on any atom is -0.445 e. The Balaban J connectivity index is 1.27. The number of amides is 5. The molecule has 5 amide bonds. The summed E-state index contributed by atoms with van der Waals surface area (Å²) >= 11 is 0. The fourth-order valence-electron chi connectivity index (χ4n) is 7.63. The standard InChI is InChI=1S/C40H44N6O6/c1-24(2)18-33(36(49)45-39(19-27(22-41)34(42)47)20-31(39)30-16-9-17-43-35(30)48)44-37(50)40(46-38(51)52-23-25-10-4-3-5-11-25)21-32(40)29-15-8-13-26-12-6-7-14-28(26)29/h3-8,10-15,19,24,30-33H,9,16-18,20-21,23H2,1-2H3,(H2,42,47)(H,43,48)(H,44,50)(H,45,49)(H,46,51)/b27-19+/t30-,31?,32-,33-,39?,40?/m0/s1. The number of primary amides is 1. The topological polar surface area (TPSA) is 193 Å². The number of piperidine rings is 1. The second kappa shape index (κ2) is 14.9. The van der Waals surface area contributed by atoms with Crippen LogP contribution in [0.5, 0.6) is 0 Å². The number of hydrogen-bond acceptors (Lipinski definition) is 7. The van der Waals surface area contributed by atoms with Crippen LogP contribution in [0.1, 0.15) is 63.0 Å². The highest BCUT2D eigenvalue weighted by atomic mass is 16.5. The Morgan fingerprint density at radius 3 is 2.46 bits per heavy atom. The molecule has 3 aromatic carbocycles. The summed E-state index contributed by atoms with van der Waals surface area (Å²) in [6, 6.07) is 23.6. The maximum absolute atomic E-state index is 14.5. The van der Waals surface area contributed by atoms with E-state index < -0.39 is 52.8 Å². The first-order valence-electron chi connectivity index (χ1n) is 17.8.